The molecule has 0 aromatic heterocycles. The zero-order valence-electron chi connectivity index (χ0n) is 9.24. The van der Waals surface area contributed by atoms with E-state index in [0.29, 0.717) is 22.9 Å². The molecular weight excluding hydrogens is 238 g/mol. The monoisotopic (exact) mass is 247 g/mol. The van der Waals surface area contributed by atoms with Crippen LogP contribution in [0.5, 0.6) is 0 Å². The van der Waals surface area contributed by atoms with Crippen molar-refractivity contribution in [2.75, 3.05) is 6.54 Å². The number of carbonyl (C=O) groups excluding carboxylic acids is 2. The van der Waals surface area contributed by atoms with Crippen LogP contribution in [-0.4, -0.2) is 29.1 Å². The molecule has 1 atom stereocenters. The highest BCUT2D eigenvalue weighted by molar-refractivity contribution is 6.49. The molecule has 17 heavy (non-hydrogen) atoms. The average molecular weight is 248 g/mol. The smallest absolute Gasteiger partial charge is 0.211 e. The summed E-state index contributed by atoms with van der Waals surface area (Å²) in [6.07, 6.45) is 0. The number of hydrogen-bond donors (Lipinski definition) is 0. The van der Waals surface area contributed by atoms with Gasteiger partial charge in [0.1, 0.15) is 10.7 Å². The lowest BCUT2D eigenvalue weighted by Gasteiger charge is -2.18. The second-order valence-corrected chi connectivity index (χ2v) is 4.75. The van der Waals surface area contributed by atoms with Gasteiger partial charge >= 0.3 is 0 Å². The van der Waals surface area contributed by atoms with Crippen molar-refractivity contribution in [1.29, 1.82) is 0 Å². The number of allylic oxidation sites excluding steroid dienone is 2. The van der Waals surface area contributed by atoms with E-state index < -0.39 is 0 Å². The van der Waals surface area contributed by atoms with Crippen LogP contribution < -0.4 is 0 Å². The summed E-state index contributed by atoms with van der Waals surface area (Å²) in [6, 6.07) is 7.10. The minimum atomic E-state index is -0.254. The van der Waals surface area contributed by atoms with Gasteiger partial charge in [0, 0.05) is 23.7 Å². The van der Waals surface area contributed by atoms with Crippen molar-refractivity contribution in [1.82, 2.24) is 4.90 Å². The summed E-state index contributed by atoms with van der Waals surface area (Å²) in [4.78, 5) is 26.2. The van der Waals surface area contributed by atoms with Crippen molar-refractivity contribution in [2.45, 2.75) is 13.0 Å². The van der Waals surface area contributed by atoms with Crippen LogP contribution in [0.15, 0.2) is 35.0 Å². The fourth-order valence-electron chi connectivity index (χ4n) is 2.14. The summed E-state index contributed by atoms with van der Waals surface area (Å²) >= 11 is 6.02. The number of benzene rings is 1. The van der Waals surface area contributed by atoms with E-state index in [0.717, 1.165) is 6.54 Å². The Morgan fingerprint density at radius 2 is 1.71 bits per heavy atom. The summed E-state index contributed by atoms with van der Waals surface area (Å²) in [6.45, 7) is 2.78. The lowest BCUT2D eigenvalue weighted by molar-refractivity contribution is 0.0965. The Morgan fingerprint density at radius 3 is 2.24 bits per heavy atom. The van der Waals surface area contributed by atoms with Gasteiger partial charge in [-0.25, -0.2) is 0 Å². The van der Waals surface area contributed by atoms with Crippen molar-refractivity contribution >= 4 is 23.2 Å². The second-order valence-electron chi connectivity index (χ2n) is 4.37. The van der Waals surface area contributed by atoms with Crippen molar-refractivity contribution in [3.63, 3.8) is 0 Å². The van der Waals surface area contributed by atoms with Gasteiger partial charge in [-0.1, -0.05) is 35.9 Å². The Bertz CT molecular complexity index is 577. The van der Waals surface area contributed by atoms with Gasteiger partial charge < -0.3 is 4.90 Å². The first kappa shape index (κ1) is 10.5. The molecule has 4 heteroatoms. The maximum atomic E-state index is 12.3. The van der Waals surface area contributed by atoms with Gasteiger partial charge in [0.2, 0.25) is 11.6 Å². The van der Waals surface area contributed by atoms with Crippen molar-refractivity contribution in [3.8, 4) is 0 Å². The van der Waals surface area contributed by atoms with E-state index in [1.165, 1.54) is 0 Å². The highest BCUT2D eigenvalue weighted by Crippen LogP contribution is 2.35. The molecule has 0 amide bonds. The van der Waals surface area contributed by atoms with Gasteiger partial charge in [0.05, 0.1) is 0 Å². The Kier molecular flexibility index (Phi) is 2.13. The molecule has 1 aromatic rings. The van der Waals surface area contributed by atoms with Gasteiger partial charge in [-0.2, -0.15) is 0 Å². The molecule has 0 N–H and O–H groups in total. The SMILES string of the molecule is CC1CN1C1=C(Cl)C(=O)c2ccccc2C1=O. The summed E-state index contributed by atoms with van der Waals surface area (Å²) < 4.78 is 0. The maximum Gasteiger partial charge on any atom is 0.211 e. The fraction of sp³-hybridized carbons (Fsp3) is 0.231. The molecule has 3 nitrogen and oxygen atoms in total. The molecule has 1 heterocycles. The van der Waals surface area contributed by atoms with E-state index in [2.05, 4.69) is 0 Å². The summed E-state index contributed by atoms with van der Waals surface area (Å²) in [5, 5.41) is 0.0538. The third-order valence-electron chi connectivity index (χ3n) is 3.19. The maximum absolute atomic E-state index is 12.3. The minimum absolute atomic E-state index is 0.0538. The van der Waals surface area contributed by atoms with Crippen LogP contribution in [0.2, 0.25) is 0 Å². The predicted molar refractivity (Wildman–Crippen MR) is 64.2 cm³/mol. The molecule has 2 aliphatic rings. The molecule has 1 aromatic carbocycles. The number of nitrogens with zero attached hydrogens (tertiary/aromatic N) is 1. The Labute approximate surface area is 104 Å². The number of Topliss-reactive ketones (excluding diaryl/α,β-unsaturated/α-hetero) is 2. The number of hydrogen-bond acceptors (Lipinski definition) is 3. The summed E-state index contributed by atoms with van der Waals surface area (Å²) in [5.74, 6) is -0.398. The van der Waals surface area contributed by atoms with E-state index in [-0.39, 0.29) is 16.6 Å². The number of rotatable bonds is 1. The largest absolute Gasteiger partial charge is 0.360 e. The molecule has 0 spiro atoms. The highest BCUT2D eigenvalue weighted by Gasteiger charge is 2.41. The third-order valence-corrected chi connectivity index (χ3v) is 3.54. The normalized spacial score (nSPS) is 22.9. The molecule has 1 aliphatic carbocycles. The first-order valence-electron chi connectivity index (χ1n) is 5.46. The molecule has 3 rings (SSSR count). The van der Waals surface area contributed by atoms with E-state index in [4.69, 9.17) is 11.6 Å². The van der Waals surface area contributed by atoms with Crippen LogP contribution >= 0.6 is 11.6 Å². The molecule has 0 bridgehead atoms. The lowest BCUT2D eigenvalue weighted by Crippen LogP contribution is -2.24. The zero-order valence-corrected chi connectivity index (χ0v) is 9.99. The van der Waals surface area contributed by atoms with Gasteiger partial charge in [-0.3, -0.25) is 9.59 Å². The standard InChI is InChI=1S/C13H10ClNO2/c1-7-6-15(7)11-10(14)12(16)8-4-2-3-5-9(8)13(11)17/h2-5,7H,6H2,1H3. The number of carbonyl (C=O) groups is 2. The second kappa shape index (κ2) is 3.44. The first-order chi connectivity index (χ1) is 8.11. The van der Waals surface area contributed by atoms with Crippen molar-refractivity contribution < 1.29 is 9.59 Å². The van der Waals surface area contributed by atoms with Crippen LogP contribution in [0.1, 0.15) is 27.6 Å². The Morgan fingerprint density at radius 1 is 1.18 bits per heavy atom. The van der Waals surface area contributed by atoms with Gasteiger partial charge in [0.25, 0.3) is 0 Å². The van der Waals surface area contributed by atoms with Gasteiger partial charge in [0.15, 0.2) is 0 Å². The van der Waals surface area contributed by atoms with Crippen molar-refractivity contribution in [3.05, 3.63) is 46.1 Å². The molecule has 86 valence electrons. The molecule has 0 radical (unpaired) electrons. The lowest BCUT2D eigenvalue weighted by atomic mass is 9.92. The molecule has 0 saturated carbocycles. The molecular formula is C13H10ClNO2. The minimum Gasteiger partial charge on any atom is -0.360 e. The quantitative estimate of drug-likeness (QED) is 0.714. The Hall–Kier alpha value is -1.61. The van der Waals surface area contributed by atoms with Crippen molar-refractivity contribution in [2.24, 2.45) is 0 Å². The molecule has 1 aliphatic heterocycles. The van der Waals surface area contributed by atoms with E-state index >= 15 is 0 Å². The van der Waals surface area contributed by atoms with Gasteiger partial charge in [-0.05, 0) is 6.92 Å². The fourth-order valence-corrected chi connectivity index (χ4v) is 2.43. The number of halogens is 1. The highest BCUT2D eigenvalue weighted by atomic mass is 35.5. The summed E-state index contributed by atoms with van der Waals surface area (Å²) in [7, 11) is 0. The van der Waals surface area contributed by atoms with Gasteiger partial charge in [-0.15, -0.1) is 0 Å². The van der Waals surface area contributed by atoms with Crippen LogP contribution in [-0.2, 0) is 0 Å². The average Bonchev–Trinajstić information content (AvgIpc) is 3.04. The van der Waals surface area contributed by atoms with E-state index in [9.17, 15) is 9.59 Å². The van der Waals surface area contributed by atoms with E-state index in [1.54, 1.807) is 24.3 Å². The molecule has 1 unspecified atom stereocenters. The van der Waals surface area contributed by atoms with Crippen LogP contribution in [0.25, 0.3) is 0 Å². The molecule has 1 saturated heterocycles. The molecule has 1 fully saturated rings. The number of fused-ring (bicyclic) bond motifs is 1. The van der Waals surface area contributed by atoms with Crippen LogP contribution in [0.3, 0.4) is 0 Å². The first-order valence-corrected chi connectivity index (χ1v) is 5.84. The third kappa shape index (κ3) is 1.42. The summed E-state index contributed by atoms with van der Waals surface area (Å²) in [5.41, 5.74) is 1.22. The Balaban J connectivity index is 2.16. The van der Waals surface area contributed by atoms with Crippen LogP contribution in [0.4, 0.5) is 0 Å². The van der Waals surface area contributed by atoms with Crippen LogP contribution in [0, 0.1) is 0 Å². The predicted octanol–water partition coefficient (Wildman–Crippen LogP) is 2.22. The zero-order chi connectivity index (χ0) is 12.2. The topological polar surface area (TPSA) is 37.1 Å². The van der Waals surface area contributed by atoms with E-state index in [1.807, 2.05) is 11.8 Å². The number of ketones is 2.